The van der Waals surface area contributed by atoms with Crippen molar-refractivity contribution in [3.63, 3.8) is 0 Å². The minimum absolute atomic E-state index is 0.755. The summed E-state index contributed by atoms with van der Waals surface area (Å²) in [5.74, 6) is 0. The maximum absolute atomic E-state index is 3.33. The van der Waals surface area contributed by atoms with Gasteiger partial charge in [-0.05, 0) is 13.5 Å². The predicted octanol–water partition coefficient (Wildman–Crippen LogP) is 0.300. The molecule has 1 N–H and O–H groups in total. The van der Waals surface area contributed by atoms with E-state index in [0.29, 0.717) is 0 Å². The number of hydrogen-bond acceptors (Lipinski definition) is 2. The van der Waals surface area contributed by atoms with E-state index in [0.717, 1.165) is 19.1 Å². The molecule has 0 aromatic carbocycles. The highest BCUT2D eigenvalue weighted by molar-refractivity contribution is 4.80. The smallest absolute Gasteiger partial charge is 0.0193 e. The summed E-state index contributed by atoms with van der Waals surface area (Å²) < 4.78 is 0. The average molecular weight is 128 g/mol. The molecule has 1 saturated heterocycles. The molecule has 0 radical (unpaired) electrons. The molecule has 0 saturated carbocycles. The first kappa shape index (κ1) is 7.03. The van der Waals surface area contributed by atoms with Gasteiger partial charge in [-0.2, -0.15) is 0 Å². The standard InChI is InChI=1S/C7H16N2/c1-3-8-6-7(2)9-4-5-9/h7-8H,3-6H2,1-2H3. The van der Waals surface area contributed by atoms with E-state index < -0.39 is 0 Å². The van der Waals surface area contributed by atoms with Crippen LogP contribution >= 0.6 is 0 Å². The number of nitrogens with one attached hydrogen (secondary N) is 1. The molecule has 2 heteroatoms. The van der Waals surface area contributed by atoms with Crippen molar-refractivity contribution in [2.75, 3.05) is 26.2 Å². The molecule has 0 aromatic rings. The van der Waals surface area contributed by atoms with Gasteiger partial charge in [-0.1, -0.05) is 6.92 Å². The third-order valence-corrected chi connectivity index (χ3v) is 1.79. The van der Waals surface area contributed by atoms with Crippen molar-refractivity contribution >= 4 is 0 Å². The van der Waals surface area contributed by atoms with Crippen LogP contribution in [0.1, 0.15) is 13.8 Å². The van der Waals surface area contributed by atoms with E-state index in [4.69, 9.17) is 0 Å². The highest BCUT2D eigenvalue weighted by atomic mass is 15.3. The molecule has 1 rings (SSSR count). The summed E-state index contributed by atoms with van der Waals surface area (Å²) >= 11 is 0. The maximum Gasteiger partial charge on any atom is 0.0193 e. The van der Waals surface area contributed by atoms with Crippen molar-refractivity contribution in [2.45, 2.75) is 19.9 Å². The van der Waals surface area contributed by atoms with Crippen LogP contribution < -0.4 is 5.32 Å². The molecule has 1 fully saturated rings. The summed E-state index contributed by atoms with van der Waals surface area (Å²) in [4.78, 5) is 2.46. The van der Waals surface area contributed by atoms with Crippen LogP contribution in [0.25, 0.3) is 0 Å². The van der Waals surface area contributed by atoms with E-state index in [1.54, 1.807) is 0 Å². The third-order valence-electron chi connectivity index (χ3n) is 1.79. The van der Waals surface area contributed by atoms with Crippen LogP contribution in [0.2, 0.25) is 0 Å². The molecule has 1 aliphatic rings. The summed E-state index contributed by atoms with van der Waals surface area (Å²) in [5, 5.41) is 3.33. The van der Waals surface area contributed by atoms with Crippen LogP contribution in [-0.4, -0.2) is 37.1 Å². The zero-order chi connectivity index (χ0) is 6.69. The topological polar surface area (TPSA) is 15.0 Å². The first-order valence-electron chi connectivity index (χ1n) is 3.79. The third kappa shape index (κ3) is 2.33. The van der Waals surface area contributed by atoms with E-state index in [9.17, 15) is 0 Å². The second-order valence-corrected chi connectivity index (χ2v) is 2.69. The highest BCUT2D eigenvalue weighted by Gasteiger charge is 2.22. The molecule has 9 heavy (non-hydrogen) atoms. The second-order valence-electron chi connectivity index (χ2n) is 2.69. The van der Waals surface area contributed by atoms with Crippen LogP contribution in [0.15, 0.2) is 0 Å². The Morgan fingerprint density at radius 1 is 1.56 bits per heavy atom. The number of rotatable bonds is 4. The Morgan fingerprint density at radius 2 is 2.22 bits per heavy atom. The molecule has 1 atom stereocenters. The largest absolute Gasteiger partial charge is 0.315 e. The lowest BCUT2D eigenvalue weighted by molar-refractivity contribution is 0.407. The fraction of sp³-hybridized carbons (Fsp3) is 1.00. The lowest BCUT2D eigenvalue weighted by atomic mass is 10.3. The summed E-state index contributed by atoms with van der Waals surface area (Å²) in [6.45, 7) is 9.29. The van der Waals surface area contributed by atoms with Gasteiger partial charge in [-0.15, -0.1) is 0 Å². The Hall–Kier alpha value is -0.0800. The summed E-state index contributed by atoms with van der Waals surface area (Å²) in [7, 11) is 0. The van der Waals surface area contributed by atoms with Crippen LogP contribution in [-0.2, 0) is 0 Å². The van der Waals surface area contributed by atoms with Gasteiger partial charge >= 0.3 is 0 Å². The molecule has 0 aliphatic carbocycles. The van der Waals surface area contributed by atoms with Crippen LogP contribution in [0, 0.1) is 0 Å². The lowest BCUT2D eigenvalue weighted by Gasteiger charge is -2.11. The van der Waals surface area contributed by atoms with Crippen molar-refractivity contribution in [1.82, 2.24) is 10.2 Å². The van der Waals surface area contributed by atoms with Crippen LogP contribution in [0.4, 0.5) is 0 Å². The lowest BCUT2D eigenvalue weighted by Crippen LogP contribution is -2.29. The zero-order valence-corrected chi connectivity index (χ0v) is 6.35. The van der Waals surface area contributed by atoms with E-state index in [1.807, 2.05) is 0 Å². The van der Waals surface area contributed by atoms with Gasteiger partial charge in [0.05, 0.1) is 0 Å². The van der Waals surface area contributed by atoms with E-state index in [-0.39, 0.29) is 0 Å². The molecule has 0 bridgehead atoms. The molecule has 0 spiro atoms. The zero-order valence-electron chi connectivity index (χ0n) is 6.35. The first-order valence-corrected chi connectivity index (χ1v) is 3.79. The predicted molar refractivity (Wildman–Crippen MR) is 39.6 cm³/mol. The van der Waals surface area contributed by atoms with Gasteiger partial charge in [-0.25, -0.2) is 0 Å². The Balaban J connectivity index is 1.96. The van der Waals surface area contributed by atoms with Gasteiger partial charge in [0.25, 0.3) is 0 Å². The van der Waals surface area contributed by atoms with Gasteiger partial charge < -0.3 is 5.32 Å². The normalized spacial score (nSPS) is 22.0. The van der Waals surface area contributed by atoms with Crippen LogP contribution in [0.3, 0.4) is 0 Å². The quantitative estimate of drug-likeness (QED) is 0.548. The summed E-state index contributed by atoms with van der Waals surface area (Å²) in [6, 6.07) is 0.755. The maximum atomic E-state index is 3.33. The fourth-order valence-corrected chi connectivity index (χ4v) is 0.981. The first-order chi connectivity index (χ1) is 4.34. The highest BCUT2D eigenvalue weighted by Crippen LogP contribution is 2.08. The van der Waals surface area contributed by atoms with Gasteiger partial charge in [-0.3, -0.25) is 4.90 Å². The fourth-order valence-electron chi connectivity index (χ4n) is 0.981. The van der Waals surface area contributed by atoms with Crippen molar-refractivity contribution in [1.29, 1.82) is 0 Å². The van der Waals surface area contributed by atoms with E-state index in [1.165, 1.54) is 13.1 Å². The average Bonchev–Trinajstić information content (AvgIpc) is 2.63. The SMILES string of the molecule is CCNCC(C)N1CC1. The van der Waals surface area contributed by atoms with Crippen molar-refractivity contribution in [2.24, 2.45) is 0 Å². The van der Waals surface area contributed by atoms with E-state index in [2.05, 4.69) is 24.1 Å². The summed E-state index contributed by atoms with van der Waals surface area (Å²) in [6.07, 6.45) is 0. The molecule has 54 valence electrons. The molecule has 2 nitrogen and oxygen atoms in total. The Bertz CT molecular complexity index is 79.0. The Labute approximate surface area is 57.2 Å². The van der Waals surface area contributed by atoms with Gasteiger partial charge in [0, 0.05) is 25.7 Å². The minimum Gasteiger partial charge on any atom is -0.315 e. The summed E-state index contributed by atoms with van der Waals surface area (Å²) in [5.41, 5.74) is 0. The van der Waals surface area contributed by atoms with Crippen molar-refractivity contribution in [3.05, 3.63) is 0 Å². The molecule has 0 aromatic heterocycles. The van der Waals surface area contributed by atoms with Crippen LogP contribution in [0.5, 0.6) is 0 Å². The molecule has 1 heterocycles. The molecule has 0 amide bonds. The Kier molecular flexibility index (Phi) is 2.49. The molecular formula is C7H16N2. The van der Waals surface area contributed by atoms with E-state index >= 15 is 0 Å². The molecular weight excluding hydrogens is 112 g/mol. The van der Waals surface area contributed by atoms with Gasteiger partial charge in [0.2, 0.25) is 0 Å². The van der Waals surface area contributed by atoms with Crippen molar-refractivity contribution in [3.8, 4) is 0 Å². The second kappa shape index (κ2) is 3.18. The molecule has 1 unspecified atom stereocenters. The van der Waals surface area contributed by atoms with Gasteiger partial charge in [0.15, 0.2) is 0 Å². The number of nitrogens with zero attached hydrogens (tertiary/aromatic N) is 1. The van der Waals surface area contributed by atoms with Crippen molar-refractivity contribution < 1.29 is 0 Å². The monoisotopic (exact) mass is 128 g/mol. The van der Waals surface area contributed by atoms with Gasteiger partial charge in [0.1, 0.15) is 0 Å². The number of hydrogen-bond donors (Lipinski definition) is 1. The Morgan fingerprint density at radius 3 is 2.67 bits per heavy atom. The minimum atomic E-state index is 0.755. The number of likely N-dealkylation sites (N-methyl/N-ethyl adjacent to an activating group) is 1. The molecule has 1 aliphatic heterocycles.